The van der Waals surface area contributed by atoms with E-state index in [1.807, 2.05) is 55.8 Å². The van der Waals surface area contributed by atoms with E-state index in [1.165, 1.54) is 0 Å². The number of nitrogens with zero attached hydrogens (tertiary/aromatic N) is 3. The van der Waals surface area contributed by atoms with Crippen LogP contribution in [0.15, 0.2) is 30.3 Å². The van der Waals surface area contributed by atoms with E-state index in [0.717, 1.165) is 22.6 Å². The molecule has 0 radical (unpaired) electrons. The number of benzene rings is 1. The summed E-state index contributed by atoms with van der Waals surface area (Å²) in [6.45, 7) is 10.7. The first-order valence-corrected chi connectivity index (χ1v) is 8.56. The van der Waals surface area contributed by atoms with Gasteiger partial charge in [-0.15, -0.1) is 0 Å². The summed E-state index contributed by atoms with van der Waals surface area (Å²) in [6.07, 6.45) is 0. The number of rotatable bonds is 6. The van der Waals surface area contributed by atoms with Gasteiger partial charge in [0.15, 0.2) is 0 Å². The van der Waals surface area contributed by atoms with Gasteiger partial charge in [0.1, 0.15) is 0 Å². The molecule has 0 aliphatic carbocycles. The molecule has 1 aromatic carbocycles. The van der Waals surface area contributed by atoms with Gasteiger partial charge in [0, 0.05) is 17.9 Å². The lowest BCUT2D eigenvalue weighted by atomic mass is 10.1. The second-order valence-corrected chi connectivity index (χ2v) is 7.04. The molecule has 2 rings (SSSR count). The minimum absolute atomic E-state index is 0.215. The summed E-state index contributed by atoms with van der Waals surface area (Å²) in [4.78, 5) is 14.0. The summed E-state index contributed by atoms with van der Waals surface area (Å²) >= 11 is 0. The Bertz CT molecular complexity index is 731. The predicted octanol–water partition coefficient (Wildman–Crippen LogP) is 3.17. The molecule has 0 saturated heterocycles. The van der Waals surface area contributed by atoms with Gasteiger partial charge >= 0.3 is 6.03 Å². The maximum atomic E-state index is 12.4. The fourth-order valence-electron chi connectivity index (χ4n) is 2.75. The number of nitrogens with one attached hydrogen (secondary N) is 1. The first-order chi connectivity index (χ1) is 11.7. The summed E-state index contributed by atoms with van der Waals surface area (Å²) < 4.78 is 1.95. The average molecular weight is 344 g/mol. The summed E-state index contributed by atoms with van der Waals surface area (Å²) in [7, 11) is 0. The van der Waals surface area contributed by atoms with Crippen molar-refractivity contribution in [1.82, 2.24) is 14.7 Å². The van der Waals surface area contributed by atoms with Gasteiger partial charge in [0.25, 0.3) is 0 Å². The summed E-state index contributed by atoms with van der Waals surface area (Å²) in [5, 5.41) is 17.3. The van der Waals surface area contributed by atoms with Crippen molar-refractivity contribution in [2.24, 2.45) is 0 Å². The summed E-state index contributed by atoms with van der Waals surface area (Å²) in [5.74, 6) is 0. The molecule has 2 N–H and O–H groups in total. The van der Waals surface area contributed by atoms with E-state index >= 15 is 0 Å². The lowest BCUT2D eigenvalue weighted by molar-refractivity contribution is 0.0501. The van der Waals surface area contributed by atoms with E-state index in [9.17, 15) is 9.90 Å². The molecule has 0 unspecified atom stereocenters. The van der Waals surface area contributed by atoms with Crippen molar-refractivity contribution >= 4 is 11.7 Å². The van der Waals surface area contributed by atoms with Crippen molar-refractivity contribution in [2.75, 3.05) is 18.4 Å². The highest BCUT2D eigenvalue weighted by Crippen LogP contribution is 2.15. The number of aliphatic hydroxyl groups is 1. The molecule has 0 atom stereocenters. The van der Waals surface area contributed by atoms with Crippen molar-refractivity contribution in [3.05, 3.63) is 47.3 Å². The van der Waals surface area contributed by atoms with Crippen LogP contribution in [0.1, 0.15) is 37.7 Å². The summed E-state index contributed by atoms with van der Waals surface area (Å²) in [5.41, 5.74) is 2.97. The molecule has 136 valence electrons. The van der Waals surface area contributed by atoms with E-state index < -0.39 is 5.60 Å². The van der Waals surface area contributed by atoms with Crippen molar-refractivity contribution in [2.45, 2.75) is 46.8 Å². The standard InChI is InChI=1S/C19H28N4O2/c1-6-22(13-19(4,5)25)18(24)20-17-9-7-8-16(11-17)12-23-15(3)10-14(2)21-23/h7-11,25H,6,12-13H2,1-5H3,(H,20,24). The van der Waals surface area contributed by atoms with Crippen LogP contribution >= 0.6 is 0 Å². The van der Waals surface area contributed by atoms with Gasteiger partial charge < -0.3 is 15.3 Å². The SMILES string of the molecule is CCN(CC(C)(C)O)C(=O)Nc1cccc(Cn2nc(C)cc2C)c1. The van der Waals surface area contributed by atoms with Crippen LogP contribution in [0.2, 0.25) is 0 Å². The highest BCUT2D eigenvalue weighted by atomic mass is 16.3. The van der Waals surface area contributed by atoms with Crippen LogP contribution in [0.5, 0.6) is 0 Å². The van der Waals surface area contributed by atoms with E-state index in [4.69, 9.17) is 0 Å². The maximum Gasteiger partial charge on any atom is 0.321 e. The molecule has 1 heterocycles. The fraction of sp³-hybridized carbons (Fsp3) is 0.474. The molecular formula is C19H28N4O2. The number of urea groups is 1. The second kappa shape index (κ2) is 7.70. The predicted molar refractivity (Wildman–Crippen MR) is 99.8 cm³/mol. The molecule has 2 amide bonds. The van der Waals surface area contributed by atoms with Crippen LogP contribution in [0.3, 0.4) is 0 Å². The van der Waals surface area contributed by atoms with Crippen molar-refractivity contribution in [1.29, 1.82) is 0 Å². The van der Waals surface area contributed by atoms with E-state index in [1.54, 1.807) is 18.7 Å². The summed E-state index contributed by atoms with van der Waals surface area (Å²) in [6, 6.07) is 9.57. The first-order valence-electron chi connectivity index (χ1n) is 8.56. The Balaban J connectivity index is 2.08. The molecule has 0 spiro atoms. The van der Waals surface area contributed by atoms with Crippen molar-refractivity contribution in [3.8, 4) is 0 Å². The smallest absolute Gasteiger partial charge is 0.321 e. The number of carbonyl (C=O) groups excluding carboxylic acids is 1. The van der Waals surface area contributed by atoms with Gasteiger partial charge in [-0.25, -0.2) is 4.79 Å². The molecular weight excluding hydrogens is 316 g/mol. The number of hydrogen-bond acceptors (Lipinski definition) is 3. The Kier molecular flexibility index (Phi) is 5.85. The molecule has 6 heteroatoms. The van der Waals surface area contributed by atoms with Gasteiger partial charge in [0.2, 0.25) is 0 Å². The van der Waals surface area contributed by atoms with Crippen molar-refractivity contribution in [3.63, 3.8) is 0 Å². The van der Waals surface area contributed by atoms with Crippen LogP contribution in [0.4, 0.5) is 10.5 Å². The monoisotopic (exact) mass is 344 g/mol. The molecule has 0 bridgehead atoms. The van der Waals surface area contributed by atoms with Gasteiger partial charge in [-0.1, -0.05) is 12.1 Å². The van der Waals surface area contributed by atoms with E-state index in [0.29, 0.717) is 13.1 Å². The number of anilines is 1. The normalized spacial score (nSPS) is 11.4. The minimum atomic E-state index is -0.926. The number of hydrogen-bond donors (Lipinski definition) is 2. The molecule has 0 aliphatic heterocycles. The van der Waals surface area contributed by atoms with Gasteiger partial charge in [-0.2, -0.15) is 5.10 Å². The highest BCUT2D eigenvalue weighted by molar-refractivity contribution is 5.89. The molecule has 25 heavy (non-hydrogen) atoms. The van der Waals surface area contributed by atoms with Crippen molar-refractivity contribution < 1.29 is 9.90 Å². The van der Waals surface area contributed by atoms with Crippen LogP contribution in [0.25, 0.3) is 0 Å². The number of amides is 2. The second-order valence-electron chi connectivity index (χ2n) is 7.04. The average Bonchev–Trinajstić information content (AvgIpc) is 2.82. The zero-order chi connectivity index (χ0) is 18.6. The third-order valence-electron chi connectivity index (χ3n) is 3.86. The Morgan fingerprint density at radius 1 is 1.32 bits per heavy atom. The molecule has 0 fully saturated rings. The zero-order valence-electron chi connectivity index (χ0n) is 15.7. The Morgan fingerprint density at radius 3 is 2.60 bits per heavy atom. The largest absolute Gasteiger partial charge is 0.389 e. The first kappa shape index (κ1) is 19.0. The number of aryl methyl sites for hydroxylation is 2. The Hall–Kier alpha value is -2.34. The van der Waals surface area contributed by atoms with Gasteiger partial charge in [-0.05, 0) is 58.4 Å². The quantitative estimate of drug-likeness (QED) is 0.845. The lowest BCUT2D eigenvalue weighted by Crippen LogP contribution is -2.44. The topological polar surface area (TPSA) is 70.4 Å². The Labute approximate surface area is 149 Å². The molecule has 6 nitrogen and oxygen atoms in total. The van der Waals surface area contributed by atoms with Crippen LogP contribution < -0.4 is 5.32 Å². The minimum Gasteiger partial charge on any atom is -0.389 e. The van der Waals surface area contributed by atoms with E-state index in [-0.39, 0.29) is 12.6 Å². The number of likely N-dealkylation sites (N-methyl/N-ethyl adjacent to an activating group) is 1. The van der Waals surface area contributed by atoms with Gasteiger partial charge in [0.05, 0.1) is 24.4 Å². The Morgan fingerprint density at radius 2 is 2.04 bits per heavy atom. The van der Waals surface area contributed by atoms with Crippen LogP contribution in [-0.2, 0) is 6.54 Å². The number of carbonyl (C=O) groups is 1. The third-order valence-corrected chi connectivity index (χ3v) is 3.86. The molecule has 1 aromatic heterocycles. The zero-order valence-corrected chi connectivity index (χ0v) is 15.7. The lowest BCUT2D eigenvalue weighted by Gasteiger charge is -2.28. The molecule has 0 saturated carbocycles. The number of aromatic nitrogens is 2. The van der Waals surface area contributed by atoms with E-state index in [2.05, 4.69) is 10.4 Å². The highest BCUT2D eigenvalue weighted by Gasteiger charge is 2.21. The molecule has 2 aromatic rings. The van der Waals surface area contributed by atoms with Crippen LogP contribution in [-0.4, -0.2) is 44.5 Å². The maximum absolute atomic E-state index is 12.4. The van der Waals surface area contributed by atoms with Gasteiger partial charge in [-0.3, -0.25) is 4.68 Å². The van der Waals surface area contributed by atoms with Crippen LogP contribution in [0, 0.1) is 13.8 Å². The molecule has 0 aliphatic rings. The third kappa shape index (κ3) is 5.60. The fourth-order valence-corrected chi connectivity index (χ4v) is 2.75.